The van der Waals surface area contributed by atoms with Gasteiger partial charge in [0.1, 0.15) is 5.76 Å². The van der Waals surface area contributed by atoms with Crippen molar-refractivity contribution in [1.29, 1.82) is 0 Å². The maximum absolute atomic E-state index is 12.4. The summed E-state index contributed by atoms with van der Waals surface area (Å²) in [5, 5.41) is 4.00. The van der Waals surface area contributed by atoms with E-state index in [2.05, 4.69) is 10.1 Å². The summed E-state index contributed by atoms with van der Waals surface area (Å²) in [6.45, 7) is 8.77. The smallest absolute Gasteiger partial charge is 0.227 e. The Balaban J connectivity index is 1.60. The first-order chi connectivity index (χ1) is 10.1. The minimum Gasteiger partial charge on any atom is -0.383 e. The number of aromatic nitrogens is 1. The lowest BCUT2D eigenvalue weighted by Gasteiger charge is -2.21. The Kier molecular flexibility index (Phi) is 3.99. The van der Waals surface area contributed by atoms with E-state index in [0.717, 1.165) is 37.6 Å². The first-order valence-corrected chi connectivity index (χ1v) is 7.52. The van der Waals surface area contributed by atoms with Crippen molar-refractivity contribution in [3.63, 3.8) is 0 Å². The second kappa shape index (κ2) is 5.77. The molecule has 1 aromatic rings. The number of carbonyl (C=O) groups excluding carboxylic acids is 1. The van der Waals surface area contributed by atoms with Crippen LogP contribution in [0.25, 0.3) is 0 Å². The highest BCUT2D eigenvalue weighted by Crippen LogP contribution is 2.33. The van der Waals surface area contributed by atoms with Gasteiger partial charge in [0.15, 0.2) is 0 Å². The van der Waals surface area contributed by atoms with Gasteiger partial charge in [-0.3, -0.25) is 9.69 Å². The molecule has 2 fully saturated rings. The monoisotopic (exact) mass is 293 g/mol. The number of ether oxygens (including phenoxy) is 1. The third-order valence-corrected chi connectivity index (χ3v) is 4.73. The van der Waals surface area contributed by atoms with Crippen molar-refractivity contribution in [2.75, 3.05) is 39.9 Å². The number of likely N-dealkylation sites (tertiary alicyclic amines) is 2. The summed E-state index contributed by atoms with van der Waals surface area (Å²) in [6.07, 6.45) is 0. The lowest BCUT2D eigenvalue weighted by Crippen LogP contribution is -2.34. The van der Waals surface area contributed by atoms with Crippen molar-refractivity contribution in [2.45, 2.75) is 20.4 Å². The molecule has 2 atom stereocenters. The van der Waals surface area contributed by atoms with Crippen LogP contribution in [0.3, 0.4) is 0 Å². The quantitative estimate of drug-likeness (QED) is 0.805. The number of hydrogen-bond donors (Lipinski definition) is 0. The topological polar surface area (TPSA) is 58.8 Å². The highest BCUT2D eigenvalue weighted by atomic mass is 16.5. The van der Waals surface area contributed by atoms with Crippen molar-refractivity contribution < 1.29 is 14.1 Å². The maximum Gasteiger partial charge on any atom is 0.227 e. The molecular weight excluding hydrogens is 270 g/mol. The van der Waals surface area contributed by atoms with Crippen molar-refractivity contribution in [2.24, 2.45) is 11.8 Å². The van der Waals surface area contributed by atoms with Crippen LogP contribution >= 0.6 is 0 Å². The van der Waals surface area contributed by atoms with Crippen LogP contribution in [-0.4, -0.2) is 60.8 Å². The number of methoxy groups -OCH3 is 1. The fourth-order valence-electron chi connectivity index (χ4n) is 3.52. The van der Waals surface area contributed by atoms with Crippen LogP contribution < -0.4 is 0 Å². The van der Waals surface area contributed by atoms with Crippen LogP contribution in [0.5, 0.6) is 0 Å². The lowest BCUT2D eigenvalue weighted by molar-refractivity contribution is -0.131. The second-order valence-electron chi connectivity index (χ2n) is 6.14. The number of rotatable bonds is 5. The van der Waals surface area contributed by atoms with Crippen molar-refractivity contribution in [1.82, 2.24) is 15.0 Å². The van der Waals surface area contributed by atoms with E-state index in [0.29, 0.717) is 25.0 Å². The zero-order valence-corrected chi connectivity index (χ0v) is 13.0. The molecule has 116 valence electrons. The number of aryl methyl sites for hydroxylation is 2. The molecule has 0 aliphatic carbocycles. The molecule has 6 heteroatoms. The van der Waals surface area contributed by atoms with E-state index in [1.165, 1.54) is 5.56 Å². The van der Waals surface area contributed by atoms with Gasteiger partial charge in [0.05, 0.1) is 18.2 Å². The number of fused-ring (bicyclic) bond motifs is 1. The normalized spacial score (nSPS) is 25.9. The minimum absolute atomic E-state index is 0.155. The minimum atomic E-state index is 0.155. The van der Waals surface area contributed by atoms with Crippen molar-refractivity contribution in [3.05, 3.63) is 17.0 Å². The predicted molar refractivity (Wildman–Crippen MR) is 76.7 cm³/mol. The molecule has 6 nitrogen and oxygen atoms in total. The first kappa shape index (κ1) is 14.5. The molecule has 0 saturated carbocycles. The van der Waals surface area contributed by atoms with Gasteiger partial charge in [-0.25, -0.2) is 0 Å². The Morgan fingerprint density at radius 2 is 2.14 bits per heavy atom. The average Bonchev–Trinajstić information content (AvgIpc) is 3.08. The number of nitrogens with zero attached hydrogens (tertiary/aromatic N) is 3. The standard InChI is InChI=1S/C15H23N3O3/c1-10-13(11(2)21-16-10)8-17-6-12-7-18(4-5-20-3)15(19)14(12)9-17/h12,14H,4-9H2,1-3H3/t12-,14-/m0/s1. The number of amides is 1. The Morgan fingerprint density at radius 3 is 2.76 bits per heavy atom. The SMILES string of the molecule is COCCN1C[C@@H]2CN(Cc3c(C)noc3C)C[C@@H]2C1=O. The number of carbonyl (C=O) groups is 1. The molecule has 21 heavy (non-hydrogen) atoms. The fraction of sp³-hybridized carbons (Fsp3) is 0.733. The summed E-state index contributed by atoms with van der Waals surface area (Å²) >= 11 is 0. The van der Waals surface area contributed by atoms with Crippen molar-refractivity contribution >= 4 is 5.91 Å². The van der Waals surface area contributed by atoms with Crippen molar-refractivity contribution in [3.8, 4) is 0 Å². The average molecular weight is 293 g/mol. The molecule has 0 spiro atoms. The second-order valence-corrected chi connectivity index (χ2v) is 6.14. The fourth-order valence-corrected chi connectivity index (χ4v) is 3.52. The summed E-state index contributed by atoms with van der Waals surface area (Å²) in [5.41, 5.74) is 2.12. The molecule has 3 rings (SSSR count). The Bertz CT molecular complexity index is 509. The molecular formula is C15H23N3O3. The summed E-state index contributed by atoms with van der Waals surface area (Å²) in [5.74, 6) is 1.79. The van der Waals surface area contributed by atoms with Gasteiger partial charge in [-0.2, -0.15) is 0 Å². The molecule has 3 heterocycles. The van der Waals surface area contributed by atoms with Crippen LogP contribution in [0.15, 0.2) is 4.52 Å². The molecule has 2 aliphatic heterocycles. The summed E-state index contributed by atoms with van der Waals surface area (Å²) < 4.78 is 10.3. The van der Waals surface area contributed by atoms with Gasteiger partial charge in [-0.1, -0.05) is 5.16 Å². The van der Waals surface area contributed by atoms with Gasteiger partial charge in [0.25, 0.3) is 0 Å². The molecule has 0 radical (unpaired) electrons. The van der Waals surface area contributed by atoms with E-state index in [1.54, 1.807) is 7.11 Å². The van der Waals surface area contributed by atoms with Gasteiger partial charge in [-0.05, 0) is 13.8 Å². The van der Waals surface area contributed by atoms with E-state index in [9.17, 15) is 4.79 Å². The third kappa shape index (κ3) is 2.70. The van der Waals surface area contributed by atoms with Gasteiger partial charge < -0.3 is 14.2 Å². The van der Waals surface area contributed by atoms with Gasteiger partial charge in [-0.15, -0.1) is 0 Å². The summed E-state index contributed by atoms with van der Waals surface area (Å²) in [7, 11) is 1.67. The zero-order valence-electron chi connectivity index (χ0n) is 13.0. The molecule has 0 bridgehead atoms. The lowest BCUT2D eigenvalue weighted by atomic mass is 10.0. The van der Waals surface area contributed by atoms with E-state index in [-0.39, 0.29) is 5.92 Å². The van der Waals surface area contributed by atoms with Crippen LogP contribution in [0.4, 0.5) is 0 Å². The maximum atomic E-state index is 12.4. The largest absolute Gasteiger partial charge is 0.383 e. The third-order valence-electron chi connectivity index (χ3n) is 4.73. The molecule has 0 unspecified atom stereocenters. The van der Waals surface area contributed by atoms with Crippen LogP contribution in [0, 0.1) is 25.7 Å². The number of hydrogen-bond acceptors (Lipinski definition) is 5. The Morgan fingerprint density at radius 1 is 1.33 bits per heavy atom. The van der Waals surface area contributed by atoms with Gasteiger partial charge in [0.2, 0.25) is 5.91 Å². The highest BCUT2D eigenvalue weighted by molar-refractivity contribution is 5.82. The molecule has 0 N–H and O–H groups in total. The highest BCUT2D eigenvalue weighted by Gasteiger charge is 2.45. The predicted octanol–water partition coefficient (Wildman–Crippen LogP) is 0.828. The molecule has 2 aliphatic rings. The zero-order chi connectivity index (χ0) is 15.0. The van der Waals surface area contributed by atoms with Gasteiger partial charge >= 0.3 is 0 Å². The molecule has 2 saturated heterocycles. The van der Waals surface area contributed by atoms with E-state index in [1.807, 2.05) is 18.7 Å². The van der Waals surface area contributed by atoms with Gasteiger partial charge in [0, 0.05) is 51.3 Å². The first-order valence-electron chi connectivity index (χ1n) is 7.52. The summed E-state index contributed by atoms with van der Waals surface area (Å²) in [6, 6.07) is 0. The van der Waals surface area contributed by atoms with E-state index >= 15 is 0 Å². The van der Waals surface area contributed by atoms with Crippen LogP contribution in [-0.2, 0) is 16.1 Å². The van der Waals surface area contributed by atoms with E-state index < -0.39 is 0 Å². The molecule has 1 aromatic heterocycles. The molecule has 1 amide bonds. The molecule has 0 aromatic carbocycles. The Hall–Kier alpha value is -1.40. The van der Waals surface area contributed by atoms with Crippen LogP contribution in [0.2, 0.25) is 0 Å². The summed E-state index contributed by atoms with van der Waals surface area (Å²) in [4.78, 5) is 16.7. The van der Waals surface area contributed by atoms with E-state index in [4.69, 9.17) is 9.26 Å². The van der Waals surface area contributed by atoms with Crippen LogP contribution in [0.1, 0.15) is 17.0 Å². The Labute approximate surface area is 125 Å².